The first-order chi connectivity index (χ1) is 9.98. The third-order valence-electron chi connectivity index (χ3n) is 3.13. The highest BCUT2D eigenvalue weighted by molar-refractivity contribution is 5.95. The standard InChI is InChI=1S/C15H9F3N2O/c16-15(17,18)11-6-2-1-4-9(11)13-10-5-3-7-12(21)14(10)20-8-19-13/h1-8,21H. The summed E-state index contributed by atoms with van der Waals surface area (Å²) in [6.07, 6.45) is -3.34. The molecule has 0 saturated heterocycles. The fourth-order valence-corrected chi connectivity index (χ4v) is 2.22. The Morgan fingerprint density at radius 3 is 2.43 bits per heavy atom. The number of benzene rings is 2. The molecule has 3 aromatic rings. The number of phenols is 1. The predicted octanol–water partition coefficient (Wildman–Crippen LogP) is 4.02. The lowest BCUT2D eigenvalue weighted by Crippen LogP contribution is -2.07. The van der Waals surface area contributed by atoms with Crippen LogP contribution < -0.4 is 0 Å². The first-order valence-corrected chi connectivity index (χ1v) is 6.08. The van der Waals surface area contributed by atoms with E-state index < -0.39 is 11.7 Å². The number of rotatable bonds is 1. The topological polar surface area (TPSA) is 46.0 Å². The Kier molecular flexibility index (Phi) is 3.01. The molecule has 0 atom stereocenters. The lowest BCUT2D eigenvalue weighted by atomic mass is 10.0. The minimum absolute atomic E-state index is 0.0389. The maximum absolute atomic E-state index is 13.1. The third kappa shape index (κ3) is 2.29. The number of phenolic OH excluding ortho intramolecular Hbond substituents is 1. The van der Waals surface area contributed by atoms with E-state index in [1.54, 1.807) is 12.1 Å². The van der Waals surface area contributed by atoms with Crippen LogP contribution in [0.25, 0.3) is 22.2 Å². The van der Waals surface area contributed by atoms with Gasteiger partial charge in [0.15, 0.2) is 0 Å². The third-order valence-corrected chi connectivity index (χ3v) is 3.13. The van der Waals surface area contributed by atoms with Crippen molar-refractivity contribution in [1.82, 2.24) is 9.97 Å². The number of hydrogen-bond donors (Lipinski definition) is 1. The van der Waals surface area contributed by atoms with Gasteiger partial charge in [-0.15, -0.1) is 0 Å². The van der Waals surface area contributed by atoms with E-state index in [4.69, 9.17) is 0 Å². The molecular formula is C15H9F3N2O. The van der Waals surface area contributed by atoms with Gasteiger partial charge >= 0.3 is 6.18 Å². The van der Waals surface area contributed by atoms with Crippen molar-refractivity contribution in [2.75, 3.05) is 0 Å². The summed E-state index contributed by atoms with van der Waals surface area (Å²) >= 11 is 0. The highest BCUT2D eigenvalue weighted by Gasteiger charge is 2.34. The van der Waals surface area contributed by atoms with E-state index in [2.05, 4.69) is 9.97 Å². The smallest absolute Gasteiger partial charge is 0.417 e. The molecule has 106 valence electrons. The van der Waals surface area contributed by atoms with E-state index in [9.17, 15) is 18.3 Å². The average Bonchev–Trinajstić information content (AvgIpc) is 2.46. The van der Waals surface area contributed by atoms with Gasteiger partial charge in [0.05, 0.1) is 11.3 Å². The maximum atomic E-state index is 13.1. The van der Waals surface area contributed by atoms with Crippen LogP contribution in [0.2, 0.25) is 0 Å². The van der Waals surface area contributed by atoms with Gasteiger partial charge in [0.2, 0.25) is 0 Å². The molecule has 0 radical (unpaired) electrons. The molecule has 2 aromatic carbocycles. The van der Waals surface area contributed by atoms with Crippen LogP contribution in [0.15, 0.2) is 48.8 Å². The number of hydrogen-bond acceptors (Lipinski definition) is 3. The second-order valence-electron chi connectivity index (χ2n) is 4.44. The highest BCUT2D eigenvalue weighted by Crippen LogP contribution is 2.38. The summed E-state index contributed by atoms with van der Waals surface area (Å²) in [5.41, 5.74) is -0.445. The lowest BCUT2D eigenvalue weighted by Gasteiger charge is -2.13. The molecule has 0 bridgehead atoms. The van der Waals surface area contributed by atoms with Crippen LogP contribution in [0, 0.1) is 0 Å². The van der Waals surface area contributed by atoms with Crippen molar-refractivity contribution < 1.29 is 18.3 Å². The van der Waals surface area contributed by atoms with Crippen molar-refractivity contribution in [2.45, 2.75) is 6.18 Å². The van der Waals surface area contributed by atoms with Gasteiger partial charge in [0.25, 0.3) is 0 Å². The molecule has 0 amide bonds. The first kappa shape index (κ1) is 13.4. The summed E-state index contributed by atoms with van der Waals surface area (Å²) in [4.78, 5) is 7.89. The second kappa shape index (κ2) is 4.73. The molecule has 1 aromatic heterocycles. The van der Waals surface area contributed by atoms with Gasteiger partial charge in [0.1, 0.15) is 17.6 Å². The van der Waals surface area contributed by atoms with Crippen LogP contribution in [-0.2, 0) is 6.18 Å². The average molecular weight is 290 g/mol. The molecule has 0 unspecified atom stereocenters. The van der Waals surface area contributed by atoms with E-state index in [-0.39, 0.29) is 22.5 Å². The lowest BCUT2D eigenvalue weighted by molar-refractivity contribution is -0.137. The molecule has 0 saturated carbocycles. The number of halogens is 3. The minimum Gasteiger partial charge on any atom is -0.506 e. The summed E-state index contributed by atoms with van der Waals surface area (Å²) in [5, 5.41) is 10.1. The van der Waals surface area contributed by atoms with E-state index in [1.165, 1.54) is 24.3 Å². The number of aromatic nitrogens is 2. The Labute approximate surface area is 117 Å². The normalized spacial score (nSPS) is 11.8. The fraction of sp³-hybridized carbons (Fsp3) is 0.0667. The highest BCUT2D eigenvalue weighted by atomic mass is 19.4. The van der Waals surface area contributed by atoms with Crippen molar-refractivity contribution in [2.24, 2.45) is 0 Å². The van der Waals surface area contributed by atoms with Crippen molar-refractivity contribution in [3.8, 4) is 17.0 Å². The number of aromatic hydroxyl groups is 1. The Morgan fingerprint density at radius 2 is 1.67 bits per heavy atom. The second-order valence-corrected chi connectivity index (χ2v) is 4.44. The van der Waals surface area contributed by atoms with Crippen molar-refractivity contribution >= 4 is 10.9 Å². The zero-order chi connectivity index (χ0) is 15.0. The van der Waals surface area contributed by atoms with Crippen molar-refractivity contribution in [1.29, 1.82) is 0 Å². The summed E-state index contributed by atoms with van der Waals surface area (Å²) in [6.45, 7) is 0. The zero-order valence-electron chi connectivity index (χ0n) is 10.6. The van der Waals surface area contributed by atoms with Crippen LogP contribution in [0.5, 0.6) is 5.75 Å². The Morgan fingerprint density at radius 1 is 0.905 bits per heavy atom. The van der Waals surface area contributed by atoms with Gasteiger partial charge in [-0.2, -0.15) is 13.2 Å². The van der Waals surface area contributed by atoms with Gasteiger partial charge in [-0.1, -0.05) is 30.3 Å². The Balaban J connectivity index is 2.35. The molecule has 0 aliphatic rings. The summed E-state index contributed by atoms with van der Waals surface area (Å²) in [7, 11) is 0. The molecular weight excluding hydrogens is 281 g/mol. The Hall–Kier alpha value is -2.63. The fourth-order valence-electron chi connectivity index (χ4n) is 2.22. The van der Waals surface area contributed by atoms with Gasteiger partial charge in [0, 0.05) is 10.9 Å². The number of alkyl halides is 3. The molecule has 0 spiro atoms. The van der Waals surface area contributed by atoms with E-state index in [1.807, 2.05) is 0 Å². The van der Waals surface area contributed by atoms with Crippen molar-refractivity contribution in [3.05, 3.63) is 54.4 Å². The quantitative estimate of drug-likeness (QED) is 0.736. The molecule has 1 N–H and O–H groups in total. The molecule has 0 aliphatic carbocycles. The van der Waals surface area contributed by atoms with Crippen molar-refractivity contribution in [3.63, 3.8) is 0 Å². The van der Waals surface area contributed by atoms with E-state index in [0.29, 0.717) is 5.39 Å². The SMILES string of the molecule is Oc1cccc2c(-c3ccccc3C(F)(F)F)ncnc12. The van der Waals surface area contributed by atoms with Crippen LogP contribution in [-0.4, -0.2) is 15.1 Å². The van der Waals surface area contributed by atoms with Gasteiger partial charge < -0.3 is 5.11 Å². The van der Waals surface area contributed by atoms with E-state index >= 15 is 0 Å². The van der Waals surface area contributed by atoms with E-state index in [0.717, 1.165) is 12.4 Å². The molecule has 0 fully saturated rings. The largest absolute Gasteiger partial charge is 0.506 e. The van der Waals surface area contributed by atoms with Crippen LogP contribution in [0.3, 0.4) is 0 Å². The minimum atomic E-state index is -4.48. The van der Waals surface area contributed by atoms with Gasteiger partial charge in [-0.05, 0) is 12.1 Å². The molecule has 3 nitrogen and oxygen atoms in total. The molecule has 0 aliphatic heterocycles. The molecule has 1 heterocycles. The summed E-state index contributed by atoms with van der Waals surface area (Å²) in [6, 6.07) is 9.75. The summed E-state index contributed by atoms with van der Waals surface area (Å²) in [5.74, 6) is -0.0966. The van der Waals surface area contributed by atoms with Gasteiger partial charge in [-0.25, -0.2) is 9.97 Å². The maximum Gasteiger partial charge on any atom is 0.417 e. The molecule has 3 rings (SSSR count). The Bertz CT molecular complexity index is 815. The summed E-state index contributed by atoms with van der Waals surface area (Å²) < 4.78 is 39.4. The molecule has 21 heavy (non-hydrogen) atoms. The number of fused-ring (bicyclic) bond motifs is 1. The van der Waals surface area contributed by atoms with Crippen LogP contribution >= 0.6 is 0 Å². The zero-order valence-corrected chi connectivity index (χ0v) is 10.6. The van der Waals surface area contributed by atoms with Crippen LogP contribution in [0.4, 0.5) is 13.2 Å². The predicted molar refractivity (Wildman–Crippen MR) is 71.6 cm³/mol. The van der Waals surface area contributed by atoms with Gasteiger partial charge in [-0.3, -0.25) is 0 Å². The monoisotopic (exact) mass is 290 g/mol. The molecule has 6 heteroatoms. The number of nitrogens with zero attached hydrogens (tertiary/aromatic N) is 2. The number of para-hydroxylation sites is 1. The van der Waals surface area contributed by atoms with Crippen LogP contribution in [0.1, 0.15) is 5.56 Å². The first-order valence-electron chi connectivity index (χ1n) is 6.08.